The number of carbonyl (C=O) groups is 1. The molecule has 2 saturated heterocycles. The molecule has 1 unspecified atom stereocenters. The average Bonchev–Trinajstić information content (AvgIpc) is 3.11. The number of hydrogen-bond acceptors (Lipinski definition) is 4. The van der Waals surface area contributed by atoms with Crippen LogP contribution < -0.4 is 10.2 Å². The zero-order valence-electron chi connectivity index (χ0n) is 18.1. The molecule has 0 radical (unpaired) electrons. The highest BCUT2D eigenvalue weighted by Gasteiger charge is 2.53. The van der Waals surface area contributed by atoms with Crippen molar-refractivity contribution in [3.8, 4) is 0 Å². The minimum atomic E-state index is -1.02. The summed E-state index contributed by atoms with van der Waals surface area (Å²) in [5, 5.41) is 14.7. The molecule has 2 atom stereocenters. The van der Waals surface area contributed by atoms with Crippen LogP contribution in [0.2, 0.25) is 0 Å². The van der Waals surface area contributed by atoms with Gasteiger partial charge in [-0.2, -0.15) is 0 Å². The number of nitrogens with zero attached hydrogens (tertiary/aromatic N) is 2. The summed E-state index contributed by atoms with van der Waals surface area (Å²) in [5.41, 5.74) is -0.0868. The van der Waals surface area contributed by atoms with Crippen molar-refractivity contribution in [3.05, 3.63) is 65.7 Å². The smallest absolute Gasteiger partial charge is 0.247 e. The maximum atomic E-state index is 13.5. The third-order valence-electron chi connectivity index (χ3n) is 7.72. The first kappa shape index (κ1) is 21.3. The van der Waals surface area contributed by atoms with Gasteiger partial charge in [-0.1, -0.05) is 25.0 Å². The van der Waals surface area contributed by atoms with Crippen molar-refractivity contribution in [3.63, 3.8) is 0 Å². The van der Waals surface area contributed by atoms with Gasteiger partial charge in [-0.15, -0.1) is 0 Å². The maximum Gasteiger partial charge on any atom is 0.247 e. The quantitative estimate of drug-likeness (QED) is 0.765. The first-order valence-electron chi connectivity index (χ1n) is 11.5. The normalized spacial score (nSPS) is 28.2. The van der Waals surface area contributed by atoms with Gasteiger partial charge < -0.3 is 15.3 Å². The van der Waals surface area contributed by atoms with Crippen LogP contribution in [0.15, 0.2) is 48.5 Å². The van der Waals surface area contributed by atoms with Crippen LogP contribution in [-0.2, 0) is 10.4 Å². The second kappa shape index (κ2) is 8.12. The number of hydrogen-bond donors (Lipinski definition) is 2. The number of nitrogens with one attached hydrogen (secondary N) is 1. The van der Waals surface area contributed by atoms with Gasteiger partial charge in [0.25, 0.3) is 0 Å². The van der Waals surface area contributed by atoms with Crippen LogP contribution in [0.5, 0.6) is 0 Å². The topological polar surface area (TPSA) is 55.8 Å². The van der Waals surface area contributed by atoms with Gasteiger partial charge in [0.05, 0.1) is 6.67 Å². The van der Waals surface area contributed by atoms with Crippen LogP contribution in [0.4, 0.5) is 14.5 Å². The molecule has 1 amide bonds. The van der Waals surface area contributed by atoms with Gasteiger partial charge in [0.2, 0.25) is 5.91 Å². The predicted molar refractivity (Wildman–Crippen MR) is 118 cm³/mol. The van der Waals surface area contributed by atoms with E-state index >= 15 is 0 Å². The minimum Gasteiger partial charge on any atom is -0.384 e. The number of halogens is 2. The Balaban J connectivity index is 1.37. The number of anilines is 1. The predicted octanol–water partition coefficient (Wildman–Crippen LogP) is 3.52. The Labute approximate surface area is 187 Å². The molecular formula is C25H29F2N3O2. The third-order valence-corrected chi connectivity index (χ3v) is 7.72. The molecule has 5 rings (SSSR count). The fraction of sp³-hybridized carbons (Fsp3) is 0.480. The molecule has 7 heteroatoms. The molecule has 170 valence electrons. The van der Waals surface area contributed by atoms with E-state index in [1.54, 1.807) is 24.3 Å². The van der Waals surface area contributed by atoms with Crippen molar-refractivity contribution < 1.29 is 18.7 Å². The molecule has 1 saturated carbocycles. The van der Waals surface area contributed by atoms with Crippen molar-refractivity contribution >= 4 is 11.6 Å². The zero-order valence-corrected chi connectivity index (χ0v) is 18.1. The highest BCUT2D eigenvalue weighted by molar-refractivity contribution is 5.93. The molecule has 0 aromatic heterocycles. The van der Waals surface area contributed by atoms with E-state index in [2.05, 4.69) is 15.1 Å². The average molecular weight is 442 g/mol. The number of likely N-dealkylation sites (tertiary alicyclic amines) is 1. The van der Waals surface area contributed by atoms with Crippen LogP contribution in [0, 0.1) is 11.6 Å². The second-order valence-electron chi connectivity index (χ2n) is 9.33. The molecule has 2 aliphatic heterocycles. The summed E-state index contributed by atoms with van der Waals surface area (Å²) >= 11 is 0. The Hall–Kier alpha value is -2.51. The minimum absolute atomic E-state index is 0.0129. The molecule has 3 fully saturated rings. The molecule has 2 aromatic carbocycles. The SMILES string of the molecule is O=C1NCN(c2ccc(F)cc2)C12CCN(C1CCCC[C@@]1(O)c1ccc(F)cc1)CC2. The summed E-state index contributed by atoms with van der Waals surface area (Å²) in [6.07, 6.45) is 4.75. The molecule has 1 spiro atoms. The first-order chi connectivity index (χ1) is 15.4. The molecule has 2 aromatic rings. The number of aliphatic hydroxyl groups is 1. The summed E-state index contributed by atoms with van der Waals surface area (Å²) in [7, 11) is 0. The van der Waals surface area contributed by atoms with Crippen molar-refractivity contribution in [1.82, 2.24) is 10.2 Å². The molecule has 32 heavy (non-hydrogen) atoms. The molecule has 3 aliphatic rings. The van der Waals surface area contributed by atoms with E-state index in [-0.39, 0.29) is 23.6 Å². The fourth-order valence-corrected chi connectivity index (χ4v) is 5.95. The van der Waals surface area contributed by atoms with Crippen LogP contribution in [0.3, 0.4) is 0 Å². The van der Waals surface area contributed by atoms with E-state index in [4.69, 9.17) is 0 Å². The third kappa shape index (κ3) is 3.48. The van der Waals surface area contributed by atoms with Crippen LogP contribution in [0.25, 0.3) is 0 Å². The van der Waals surface area contributed by atoms with Crippen molar-refractivity contribution in [1.29, 1.82) is 0 Å². The number of benzene rings is 2. The van der Waals surface area contributed by atoms with Gasteiger partial charge in [-0.05, 0) is 67.6 Å². The lowest BCUT2D eigenvalue weighted by Gasteiger charge is -2.51. The van der Waals surface area contributed by atoms with Crippen LogP contribution >= 0.6 is 0 Å². The molecular weight excluding hydrogens is 412 g/mol. The summed E-state index contributed by atoms with van der Waals surface area (Å²) in [4.78, 5) is 17.3. The van der Waals surface area contributed by atoms with Crippen molar-refractivity contribution in [2.45, 2.75) is 55.7 Å². The Kier molecular flexibility index (Phi) is 5.42. The van der Waals surface area contributed by atoms with Gasteiger partial charge in [-0.3, -0.25) is 9.69 Å². The summed E-state index contributed by atoms with van der Waals surface area (Å²) in [6, 6.07) is 12.4. The molecule has 1 aliphatic carbocycles. The van der Waals surface area contributed by atoms with E-state index in [0.29, 0.717) is 39.0 Å². The number of rotatable bonds is 3. The Morgan fingerprint density at radius 2 is 1.53 bits per heavy atom. The summed E-state index contributed by atoms with van der Waals surface area (Å²) in [5.74, 6) is -0.592. The van der Waals surface area contributed by atoms with Gasteiger partial charge in [0, 0.05) is 24.8 Å². The van der Waals surface area contributed by atoms with Crippen LogP contribution in [0.1, 0.15) is 44.1 Å². The summed E-state index contributed by atoms with van der Waals surface area (Å²) in [6.45, 7) is 1.77. The summed E-state index contributed by atoms with van der Waals surface area (Å²) < 4.78 is 26.9. The van der Waals surface area contributed by atoms with Crippen molar-refractivity contribution in [2.75, 3.05) is 24.7 Å². The number of carbonyl (C=O) groups excluding carboxylic acids is 1. The highest BCUT2D eigenvalue weighted by Crippen LogP contribution is 2.43. The van der Waals surface area contributed by atoms with Gasteiger partial charge in [0.15, 0.2) is 0 Å². The maximum absolute atomic E-state index is 13.5. The molecule has 2 N–H and O–H groups in total. The van der Waals surface area contributed by atoms with Gasteiger partial charge in [0.1, 0.15) is 22.8 Å². The Bertz CT molecular complexity index is 974. The number of piperidine rings is 1. The fourth-order valence-electron chi connectivity index (χ4n) is 5.95. The molecule has 0 bridgehead atoms. The molecule has 2 heterocycles. The largest absolute Gasteiger partial charge is 0.384 e. The standard InChI is InChI=1S/C25H29F2N3O2/c26-19-6-4-18(5-7-19)25(32)12-2-1-3-22(25)29-15-13-24(14-16-29)23(31)28-17-30(24)21-10-8-20(27)9-11-21/h4-11,22,32H,1-3,12-17H2,(H,28,31)/t22?,25-/m1/s1. The first-order valence-corrected chi connectivity index (χ1v) is 11.5. The van der Waals surface area contributed by atoms with E-state index in [1.165, 1.54) is 24.3 Å². The van der Waals surface area contributed by atoms with Crippen molar-refractivity contribution in [2.24, 2.45) is 0 Å². The second-order valence-corrected chi connectivity index (χ2v) is 9.33. The lowest BCUT2D eigenvalue weighted by atomic mass is 9.73. The lowest BCUT2D eigenvalue weighted by molar-refractivity contribution is -0.127. The number of amides is 1. The van der Waals surface area contributed by atoms with Crippen LogP contribution in [-0.4, -0.2) is 47.3 Å². The van der Waals surface area contributed by atoms with E-state index < -0.39 is 11.1 Å². The zero-order chi connectivity index (χ0) is 22.3. The van der Waals surface area contributed by atoms with E-state index in [9.17, 15) is 18.7 Å². The monoisotopic (exact) mass is 441 g/mol. The molecule has 5 nitrogen and oxygen atoms in total. The Morgan fingerprint density at radius 1 is 0.906 bits per heavy atom. The van der Waals surface area contributed by atoms with Gasteiger partial charge >= 0.3 is 0 Å². The van der Waals surface area contributed by atoms with E-state index in [0.717, 1.165) is 30.5 Å². The lowest BCUT2D eigenvalue weighted by Crippen LogP contribution is -2.61. The highest BCUT2D eigenvalue weighted by atomic mass is 19.1. The van der Waals surface area contributed by atoms with E-state index in [1.807, 2.05) is 0 Å². The Morgan fingerprint density at radius 3 is 2.19 bits per heavy atom. The van der Waals surface area contributed by atoms with Gasteiger partial charge in [-0.25, -0.2) is 8.78 Å².